The van der Waals surface area contributed by atoms with Crippen LogP contribution in [-0.2, 0) is 5.75 Å². The SMILES string of the molecule is Clc1cc(SCc2ccccc2)cc2ccnn12. The van der Waals surface area contributed by atoms with Crippen LogP contribution in [0.1, 0.15) is 5.56 Å². The monoisotopic (exact) mass is 274 g/mol. The molecule has 0 aliphatic heterocycles. The van der Waals surface area contributed by atoms with E-state index in [1.165, 1.54) is 5.56 Å². The van der Waals surface area contributed by atoms with Crippen molar-refractivity contribution < 1.29 is 0 Å². The van der Waals surface area contributed by atoms with Crippen molar-refractivity contribution in [2.75, 3.05) is 0 Å². The van der Waals surface area contributed by atoms with E-state index in [-0.39, 0.29) is 0 Å². The number of fused-ring (bicyclic) bond motifs is 1. The van der Waals surface area contributed by atoms with E-state index in [9.17, 15) is 0 Å². The first-order chi connectivity index (χ1) is 8.83. The van der Waals surface area contributed by atoms with Crippen LogP contribution in [-0.4, -0.2) is 9.61 Å². The van der Waals surface area contributed by atoms with E-state index < -0.39 is 0 Å². The lowest BCUT2D eigenvalue weighted by Gasteiger charge is -2.04. The highest BCUT2D eigenvalue weighted by Crippen LogP contribution is 2.27. The Hall–Kier alpha value is -1.45. The summed E-state index contributed by atoms with van der Waals surface area (Å²) in [6, 6.07) is 16.4. The number of halogens is 1. The van der Waals surface area contributed by atoms with Gasteiger partial charge in [0.15, 0.2) is 0 Å². The fourth-order valence-corrected chi connectivity index (χ4v) is 3.04. The number of thioether (sulfide) groups is 1. The van der Waals surface area contributed by atoms with Gasteiger partial charge in [0.2, 0.25) is 0 Å². The highest BCUT2D eigenvalue weighted by molar-refractivity contribution is 7.98. The van der Waals surface area contributed by atoms with E-state index in [4.69, 9.17) is 11.6 Å². The summed E-state index contributed by atoms with van der Waals surface area (Å²) in [7, 11) is 0. The molecule has 0 atom stereocenters. The van der Waals surface area contributed by atoms with E-state index in [0.29, 0.717) is 5.15 Å². The summed E-state index contributed by atoms with van der Waals surface area (Å²) >= 11 is 7.95. The topological polar surface area (TPSA) is 17.3 Å². The van der Waals surface area contributed by atoms with Crippen LogP contribution in [0.25, 0.3) is 5.52 Å². The first-order valence-electron chi connectivity index (χ1n) is 5.63. The summed E-state index contributed by atoms with van der Waals surface area (Å²) in [5.74, 6) is 0.946. The Labute approximate surface area is 115 Å². The minimum atomic E-state index is 0.646. The van der Waals surface area contributed by atoms with Crippen LogP contribution >= 0.6 is 23.4 Å². The van der Waals surface area contributed by atoms with Crippen LogP contribution in [0.4, 0.5) is 0 Å². The van der Waals surface area contributed by atoms with Gasteiger partial charge in [0.25, 0.3) is 0 Å². The van der Waals surface area contributed by atoms with Gasteiger partial charge in [-0.15, -0.1) is 11.8 Å². The van der Waals surface area contributed by atoms with E-state index >= 15 is 0 Å². The van der Waals surface area contributed by atoms with Gasteiger partial charge in [-0.1, -0.05) is 41.9 Å². The fraction of sp³-hybridized carbons (Fsp3) is 0.0714. The van der Waals surface area contributed by atoms with Gasteiger partial charge in [0, 0.05) is 10.6 Å². The van der Waals surface area contributed by atoms with Gasteiger partial charge in [-0.25, -0.2) is 4.52 Å². The lowest BCUT2D eigenvalue weighted by Crippen LogP contribution is -1.89. The Morgan fingerprint density at radius 3 is 2.78 bits per heavy atom. The van der Waals surface area contributed by atoms with E-state index in [1.807, 2.05) is 18.2 Å². The molecule has 0 radical (unpaired) electrons. The van der Waals surface area contributed by atoms with Crippen LogP contribution in [0, 0.1) is 0 Å². The van der Waals surface area contributed by atoms with Crippen LogP contribution < -0.4 is 0 Å². The molecule has 2 nitrogen and oxygen atoms in total. The minimum absolute atomic E-state index is 0.646. The third-order valence-corrected chi connectivity index (χ3v) is 3.99. The van der Waals surface area contributed by atoms with Gasteiger partial charge >= 0.3 is 0 Å². The lowest BCUT2D eigenvalue weighted by molar-refractivity contribution is 0.954. The molecule has 3 rings (SSSR count). The summed E-state index contributed by atoms with van der Waals surface area (Å²) < 4.78 is 1.73. The Morgan fingerprint density at radius 2 is 1.94 bits per heavy atom. The molecule has 3 aromatic rings. The average Bonchev–Trinajstić information content (AvgIpc) is 2.86. The molecule has 0 aliphatic rings. The van der Waals surface area contributed by atoms with Gasteiger partial charge in [0.05, 0.1) is 11.7 Å². The molecule has 18 heavy (non-hydrogen) atoms. The van der Waals surface area contributed by atoms with Crippen molar-refractivity contribution >= 4 is 28.9 Å². The van der Waals surface area contributed by atoms with Crippen molar-refractivity contribution in [3.8, 4) is 0 Å². The van der Waals surface area contributed by atoms with Crippen molar-refractivity contribution in [2.24, 2.45) is 0 Å². The zero-order chi connectivity index (χ0) is 12.4. The number of hydrogen-bond donors (Lipinski definition) is 0. The highest BCUT2D eigenvalue weighted by Gasteiger charge is 2.03. The lowest BCUT2D eigenvalue weighted by atomic mass is 10.2. The Kier molecular flexibility index (Phi) is 3.26. The molecule has 1 aromatic carbocycles. The second-order valence-electron chi connectivity index (χ2n) is 3.96. The zero-order valence-electron chi connectivity index (χ0n) is 9.58. The molecule has 0 amide bonds. The number of nitrogens with zero attached hydrogens (tertiary/aromatic N) is 2. The standard InChI is InChI=1S/C14H11ClN2S/c15-14-9-13(8-12-6-7-16-17(12)14)18-10-11-4-2-1-3-5-11/h1-9H,10H2. The van der Waals surface area contributed by atoms with Crippen LogP contribution in [0.2, 0.25) is 5.15 Å². The Morgan fingerprint density at radius 1 is 1.11 bits per heavy atom. The molecule has 0 N–H and O–H groups in total. The second-order valence-corrected chi connectivity index (χ2v) is 5.39. The predicted octanol–water partition coefficient (Wildman–Crippen LogP) is 4.28. The largest absolute Gasteiger partial charge is 0.222 e. The van der Waals surface area contributed by atoms with Crippen molar-refractivity contribution in [3.05, 3.63) is 65.4 Å². The maximum absolute atomic E-state index is 6.17. The molecule has 4 heteroatoms. The fourth-order valence-electron chi connectivity index (χ4n) is 1.79. The predicted molar refractivity (Wildman–Crippen MR) is 76.2 cm³/mol. The maximum Gasteiger partial charge on any atom is 0.132 e. The normalized spacial score (nSPS) is 10.9. The minimum Gasteiger partial charge on any atom is -0.222 e. The van der Waals surface area contributed by atoms with E-state index in [1.54, 1.807) is 22.5 Å². The van der Waals surface area contributed by atoms with Crippen molar-refractivity contribution in [2.45, 2.75) is 10.6 Å². The van der Waals surface area contributed by atoms with Crippen LogP contribution in [0.15, 0.2) is 59.6 Å². The van der Waals surface area contributed by atoms with E-state index in [0.717, 1.165) is 16.2 Å². The molecule has 0 spiro atoms. The Balaban J connectivity index is 1.82. The number of aromatic nitrogens is 2. The maximum atomic E-state index is 6.17. The van der Waals surface area contributed by atoms with Gasteiger partial charge in [-0.05, 0) is 23.8 Å². The molecule has 0 aliphatic carbocycles. The molecular formula is C14H11ClN2S. The average molecular weight is 275 g/mol. The van der Waals surface area contributed by atoms with Crippen molar-refractivity contribution in [1.29, 1.82) is 0 Å². The van der Waals surface area contributed by atoms with Gasteiger partial charge in [-0.2, -0.15) is 5.10 Å². The van der Waals surface area contributed by atoms with E-state index in [2.05, 4.69) is 35.4 Å². The molecule has 2 aromatic heterocycles. The van der Waals surface area contributed by atoms with Crippen LogP contribution in [0.3, 0.4) is 0 Å². The third-order valence-electron chi connectivity index (χ3n) is 2.67. The third kappa shape index (κ3) is 2.37. The van der Waals surface area contributed by atoms with Gasteiger partial charge in [0.1, 0.15) is 5.15 Å². The molecule has 0 bridgehead atoms. The van der Waals surface area contributed by atoms with Gasteiger partial charge in [-0.3, -0.25) is 0 Å². The molecule has 0 saturated heterocycles. The number of rotatable bonds is 3. The Bertz CT molecular complexity index is 664. The molecule has 0 unspecified atom stereocenters. The summed E-state index contributed by atoms with van der Waals surface area (Å²) in [5.41, 5.74) is 2.34. The molecular weight excluding hydrogens is 264 g/mol. The summed E-state index contributed by atoms with van der Waals surface area (Å²) in [5, 5.41) is 4.80. The second kappa shape index (κ2) is 5.04. The molecule has 90 valence electrons. The molecule has 2 heterocycles. The molecule has 0 saturated carbocycles. The quantitative estimate of drug-likeness (QED) is 0.524. The first-order valence-corrected chi connectivity index (χ1v) is 6.99. The summed E-state index contributed by atoms with van der Waals surface area (Å²) in [6.07, 6.45) is 1.76. The van der Waals surface area contributed by atoms with Crippen LogP contribution in [0.5, 0.6) is 0 Å². The number of hydrogen-bond acceptors (Lipinski definition) is 2. The summed E-state index contributed by atoms with van der Waals surface area (Å²) in [4.78, 5) is 1.16. The number of pyridine rings is 1. The molecule has 0 fully saturated rings. The van der Waals surface area contributed by atoms with Crippen molar-refractivity contribution in [3.63, 3.8) is 0 Å². The van der Waals surface area contributed by atoms with Gasteiger partial charge < -0.3 is 0 Å². The highest BCUT2D eigenvalue weighted by atomic mass is 35.5. The number of benzene rings is 1. The first kappa shape index (κ1) is 11.6. The summed E-state index contributed by atoms with van der Waals surface area (Å²) in [6.45, 7) is 0. The zero-order valence-corrected chi connectivity index (χ0v) is 11.2. The smallest absolute Gasteiger partial charge is 0.132 e. The van der Waals surface area contributed by atoms with Crippen molar-refractivity contribution in [1.82, 2.24) is 9.61 Å².